The van der Waals surface area contributed by atoms with Gasteiger partial charge in [-0.05, 0) is 22.1 Å². The zero-order chi connectivity index (χ0) is 19.7. The van der Waals surface area contributed by atoms with Crippen molar-refractivity contribution in [2.45, 2.75) is 12.0 Å². The second-order valence-electron chi connectivity index (χ2n) is 6.65. The van der Waals surface area contributed by atoms with Crippen molar-refractivity contribution < 1.29 is 9.53 Å². The van der Waals surface area contributed by atoms with Gasteiger partial charge in [-0.15, -0.1) is 5.10 Å². The Morgan fingerprint density at radius 2 is 2.04 bits per heavy atom. The predicted octanol–water partition coefficient (Wildman–Crippen LogP) is 1.89. The summed E-state index contributed by atoms with van der Waals surface area (Å²) in [4.78, 5) is 14.9. The van der Waals surface area contributed by atoms with E-state index in [4.69, 9.17) is 22.1 Å². The largest absolute Gasteiger partial charge is 0.496 e. The van der Waals surface area contributed by atoms with Gasteiger partial charge in [0.25, 0.3) is 5.91 Å². The number of hydrogen-bond acceptors (Lipinski definition) is 6. The topological polar surface area (TPSA) is 99.2 Å². The fourth-order valence-corrected chi connectivity index (χ4v) is 3.79. The lowest BCUT2D eigenvalue weighted by molar-refractivity contribution is 0.0786. The lowest BCUT2D eigenvalue weighted by Crippen LogP contribution is -2.32. The summed E-state index contributed by atoms with van der Waals surface area (Å²) in [6.45, 7) is 1.01. The third-order valence-electron chi connectivity index (χ3n) is 4.98. The molecule has 0 aliphatic carbocycles. The third-order valence-corrected chi connectivity index (χ3v) is 5.28. The molecule has 9 heteroatoms. The van der Waals surface area contributed by atoms with E-state index in [0.717, 1.165) is 5.56 Å². The van der Waals surface area contributed by atoms with Crippen LogP contribution in [0.5, 0.6) is 5.75 Å². The van der Waals surface area contributed by atoms with Gasteiger partial charge >= 0.3 is 0 Å². The van der Waals surface area contributed by atoms with E-state index >= 15 is 0 Å². The molecule has 0 unspecified atom stereocenters. The predicted molar refractivity (Wildman–Crippen MR) is 104 cm³/mol. The van der Waals surface area contributed by atoms with E-state index < -0.39 is 0 Å². The van der Waals surface area contributed by atoms with Gasteiger partial charge in [-0.2, -0.15) is 4.68 Å². The van der Waals surface area contributed by atoms with Gasteiger partial charge in [-0.1, -0.05) is 41.9 Å². The van der Waals surface area contributed by atoms with Crippen molar-refractivity contribution in [2.75, 3.05) is 20.2 Å². The standard InChI is InChI=1S/C19H19ClN6O2/c1-28-18-8-17(26-11-22-23-24-26)15(20)7-13(18)19(27)25-9-14(16(21)10-25)12-5-3-2-4-6-12/h2-8,11,14,16H,9-10,21H2,1H3/t14-,16+/m0/s1. The monoisotopic (exact) mass is 398 g/mol. The first kappa shape index (κ1) is 18.4. The highest BCUT2D eigenvalue weighted by atomic mass is 35.5. The van der Waals surface area contributed by atoms with Gasteiger partial charge in [0, 0.05) is 31.1 Å². The molecule has 2 aromatic carbocycles. The molecular formula is C19H19ClN6O2. The van der Waals surface area contributed by atoms with E-state index in [9.17, 15) is 4.79 Å². The number of nitrogens with zero attached hydrogens (tertiary/aromatic N) is 5. The number of tetrazole rings is 1. The molecule has 3 aromatic rings. The van der Waals surface area contributed by atoms with E-state index in [1.165, 1.54) is 18.1 Å². The van der Waals surface area contributed by atoms with Crippen LogP contribution in [0, 0.1) is 0 Å². The smallest absolute Gasteiger partial charge is 0.257 e. The van der Waals surface area contributed by atoms with Crippen molar-refractivity contribution in [1.29, 1.82) is 0 Å². The molecule has 8 nitrogen and oxygen atoms in total. The summed E-state index contributed by atoms with van der Waals surface area (Å²) < 4.78 is 6.85. The van der Waals surface area contributed by atoms with Crippen LogP contribution in [0.4, 0.5) is 0 Å². The molecule has 2 atom stereocenters. The first-order valence-corrected chi connectivity index (χ1v) is 9.17. The van der Waals surface area contributed by atoms with Crippen LogP contribution >= 0.6 is 11.6 Å². The summed E-state index contributed by atoms with van der Waals surface area (Å²) in [5.41, 5.74) is 8.37. The van der Waals surface area contributed by atoms with Crippen LogP contribution < -0.4 is 10.5 Å². The van der Waals surface area contributed by atoms with Crippen LogP contribution in [-0.4, -0.2) is 57.3 Å². The molecule has 0 saturated carbocycles. The maximum atomic E-state index is 13.2. The quantitative estimate of drug-likeness (QED) is 0.720. The number of methoxy groups -OCH3 is 1. The normalized spacial score (nSPS) is 19.0. The summed E-state index contributed by atoms with van der Waals surface area (Å²) in [5.74, 6) is 0.319. The maximum absolute atomic E-state index is 13.2. The minimum Gasteiger partial charge on any atom is -0.496 e. The van der Waals surface area contributed by atoms with Gasteiger partial charge in [0.15, 0.2) is 0 Å². The second kappa shape index (κ2) is 7.57. The van der Waals surface area contributed by atoms with Crippen LogP contribution in [0.25, 0.3) is 5.69 Å². The van der Waals surface area contributed by atoms with E-state index in [-0.39, 0.29) is 17.9 Å². The number of ether oxygens (including phenoxy) is 1. The van der Waals surface area contributed by atoms with Gasteiger partial charge in [0.2, 0.25) is 0 Å². The number of nitrogens with two attached hydrogens (primary N) is 1. The average molecular weight is 399 g/mol. The minimum atomic E-state index is -0.170. The number of amides is 1. The summed E-state index contributed by atoms with van der Waals surface area (Å²) in [6.07, 6.45) is 1.42. The fourth-order valence-electron chi connectivity index (χ4n) is 3.54. The number of carbonyl (C=O) groups excluding carboxylic acids is 1. The Labute approximate surface area is 166 Å². The molecular weight excluding hydrogens is 380 g/mol. The zero-order valence-electron chi connectivity index (χ0n) is 15.2. The van der Waals surface area contributed by atoms with Gasteiger partial charge in [-0.3, -0.25) is 4.79 Å². The van der Waals surface area contributed by atoms with E-state index in [0.29, 0.717) is 35.1 Å². The minimum absolute atomic E-state index is 0.0899. The van der Waals surface area contributed by atoms with Crippen molar-refractivity contribution in [2.24, 2.45) is 5.73 Å². The van der Waals surface area contributed by atoms with Gasteiger partial charge < -0.3 is 15.4 Å². The third kappa shape index (κ3) is 3.32. The van der Waals surface area contributed by atoms with Crippen molar-refractivity contribution in [1.82, 2.24) is 25.1 Å². The number of carbonyl (C=O) groups is 1. The molecule has 4 rings (SSSR count). The Hall–Kier alpha value is -2.97. The van der Waals surface area contributed by atoms with E-state index in [1.54, 1.807) is 17.0 Å². The van der Waals surface area contributed by atoms with Crippen molar-refractivity contribution in [3.8, 4) is 11.4 Å². The fraction of sp³-hybridized carbons (Fsp3) is 0.263. The highest BCUT2D eigenvalue weighted by Gasteiger charge is 2.35. The molecule has 0 radical (unpaired) electrons. The molecule has 1 saturated heterocycles. The molecule has 1 amide bonds. The number of rotatable bonds is 4. The SMILES string of the molecule is COc1cc(-n2cnnn2)c(Cl)cc1C(=O)N1C[C@@H](N)[C@H](c2ccccc2)C1. The maximum Gasteiger partial charge on any atom is 0.257 e. The van der Waals surface area contributed by atoms with Crippen LogP contribution in [-0.2, 0) is 0 Å². The summed E-state index contributed by atoms with van der Waals surface area (Å²) in [5, 5.41) is 11.4. The van der Waals surface area contributed by atoms with Gasteiger partial charge in [-0.25, -0.2) is 0 Å². The number of benzene rings is 2. The van der Waals surface area contributed by atoms with Crippen LogP contribution in [0.3, 0.4) is 0 Å². The molecule has 28 heavy (non-hydrogen) atoms. The van der Waals surface area contributed by atoms with Crippen LogP contribution in [0.15, 0.2) is 48.8 Å². The molecule has 2 N–H and O–H groups in total. The highest BCUT2D eigenvalue weighted by molar-refractivity contribution is 6.33. The lowest BCUT2D eigenvalue weighted by Gasteiger charge is -2.19. The van der Waals surface area contributed by atoms with Crippen molar-refractivity contribution in [3.05, 3.63) is 64.9 Å². The number of hydrogen-bond donors (Lipinski definition) is 1. The summed E-state index contributed by atoms with van der Waals surface area (Å²) in [6, 6.07) is 13.1. The number of likely N-dealkylation sites (tertiary alicyclic amines) is 1. The van der Waals surface area contributed by atoms with Crippen molar-refractivity contribution >= 4 is 17.5 Å². The first-order valence-electron chi connectivity index (χ1n) is 8.79. The van der Waals surface area contributed by atoms with Crippen LogP contribution in [0.2, 0.25) is 5.02 Å². The molecule has 1 aromatic heterocycles. The lowest BCUT2D eigenvalue weighted by atomic mass is 9.95. The summed E-state index contributed by atoms with van der Waals surface area (Å²) >= 11 is 6.39. The zero-order valence-corrected chi connectivity index (χ0v) is 16.0. The van der Waals surface area contributed by atoms with Crippen LogP contribution in [0.1, 0.15) is 21.8 Å². The Balaban J connectivity index is 1.62. The molecule has 2 heterocycles. The summed E-state index contributed by atoms with van der Waals surface area (Å²) in [7, 11) is 1.51. The molecule has 0 bridgehead atoms. The molecule has 1 aliphatic heterocycles. The highest BCUT2D eigenvalue weighted by Crippen LogP contribution is 2.33. The molecule has 0 spiro atoms. The molecule has 1 fully saturated rings. The Morgan fingerprint density at radius 1 is 1.25 bits per heavy atom. The van der Waals surface area contributed by atoms with Gasteiger partial charge in [0.1, 0.15) is 12.1 Å². The average Bonchev–Trinajstić information content (AvgIpc) is 3.38. The Morgan fingerprint density at radius 3 is 2.71 bits per heavy atom. The van der Waals surface area contributed by atoms with Crippen molar-refractivity contribution in [3.63, 3.8) is 0 Å². The van der Waals surface area contributed by atoms with E-state index in [1.807, 2.05) is 30.3 Å². The second-order valence-corrected chi connectivity index (χ2v) is 7.06. The Kier molecular flexibility index (Phi) is 4.97. The Bertz CT molecular complexity index is 980. The molecule has 1 aliphatic rings. The molecule has 144 valence electrons. The first-order chi connectivity index (χ1) is 13.6. The van der Waals surface area contributed by atoms with E-state index in [2.05, 4.69) is 15.5 Å². The number of aromatic nitrogens is 4. The van der Waals surface area contributed by atoms with Gasteiger partial charge in [0.05, 0.1) is 23.4 Å². The number of halogens is 1.